The molecule has 0 fully saturated rings. The smallest absolute Gasteiger partial charge is 0.170 e. The molecule has 0 spiro atoms. The van der Waals surface area contributed by atoms with Crippen LogP contribution in [0, 0.1) is 83.1 Å². The molecule has 568 valence electrons. The number of para-hydroxylation sites is 6. The molecule has 114 heavy (non-hydrogen) atoms. The number of aryl methyl sites for hydroxylation is 12. The van der Waals surface area contributed by atoms with Crippen LogP contribution in [0.3, 0.4) is 0 Å². The van der Waals surface area contributed by atoms with Gasteiger partial charge in [0.25, 0.3) is 0 Å². The van der Waals surface area contributed by atoms with Crippen LogP contribution >= 0.6 is 0 Å². The molecule has 12 heteroatoms. The molecule has 12 nitrogen and oxygen atoms in total. The van der Waals surface area contributed by atoms with Crippen LogP contribution < -0.4 is 28.4 Å². The zero-order valence-electron chi connectivity index (χ0n) is 68.2. The van der Waals surface area contributed by atoms with Gasteiger partial charge < -0.3 is 38.4 Å². The molecular weight excluding hydrogens is 1410 g/mol. The molecule has 8 bridgehead atoms. The summed E-state index contributed by atoms with van der Waals surface area (Å²) in [5.41, 5.74) is 25.2. The van der Waals surface area contributed by atoms with Gasteiger partial charge in [0.05, 0.1) is 33.8 Å². The van der Waals surface area contributed by atoms with Gasteiger partial charge in [-0.2, -0.15) is 0 Å². The number of aromatic nitrogens is 4. The zero-order chi connectivity index (χ0) is 79.8. The Morgan fingerprint density at radius 1 is 0.263 bits per heavy atom. The lowest BCUT2D eigenvalue weighted by molar-refractivity contribution is 0.413. The first-order valence-electron chi connectivity index (χ1n) is 39.0. The number of nitrogens with one attached hydrogen (secondary N) is 2. The van der Waals surface area contributed by atoms with Gasteiger partial charge in [0.1, 0.15) is 45.9 Å². The van der Waals surface area contributed by atoms with Crippen molar-refractivity contribution < 1.29 is 28.4 Å². The summed E-state index contributed by atoms with van der Waals surface area (Å²) >= 11 is 0. The van der Waals surface area contributed by atoms with Gasteiger partial charge in [-0.05, 0) is 256 Å². The minimum atomic E-state index is -0.134. The molecule has 2 N–H and O–H groups in total. The molecular formula is C102H94N6O6. The van der Waals surface area contributed by atoms with E-state index in [1.54, 1.807) is 0 Å². The molecule has 0 aliphatic carbocycles. The van der Waals surface area contributed by atoms with Gasteiger partial charge in [-0.15, -0.1) is 0 Å². The number of benzene rings is 11. The Kier molecular flexibility index (Phi) is 19.7. The highest BCUT2D eigenvalue weighted by atomic mass is 16.5. The van der Waals surface area contributed by atoms with Gasteiger partial charge in [0, 0.05) is 56.5 Å². The molecule has 0 atom stereocenters. The number of hydrogen-bond acceptors (Lipinski definition) is 10. The van der Waals surface area contributed by atoms with E-state index in [1.807, 2.05) is 12.4 Å². The maximum absolute atomic E-state index is 7.25. The lowest BCUT2D eigenvalue weighted by Gasteiger charge is -2.19. The molecule has 0 radical (unpaired) electrons. The molecule has 0 amide bonds. The van der Waals surface area contributed by atoms with E-state index in [4.69, 9.17) is 48.4 Å². The second-order valence-electron chi connectivity index (χ2n) is 32.7. The van der Waals surface area contributed by atoms with E-state index in [1.165, 1.54) is 11.1 Å². The van der Waals surface area contributed by atoms with Crippen molar-refractivity contribution in [3.63, 3.8) is 0 Å². The fourth-order valence-corrected chi connectivity index (χ4v) is 15.3. The van der Waals surface area contributed by atoms with E-state index < -0.39 is 0 Å². The van der Waals surface area contributed by atoms with Crippen molar-refractivity contribution >= 4 is 56.6 Å². The van der Waals surface area contributed by atoms with E-state index in [0.717, 1.165) is 156 Å². The third kappa shape index (κ3) is 14.8. The van der Waals surface area contributed by atoms with Crippen LogP contribution in [0.15, 0.2) is 228 Å². The average Bonchev–Trinajstić information content (AvgIpc) is 1.59. The van der Waals surface area contributed by atoms with Gasteiger partial charge in [0.2, 0.25) is 0 Å². The van der Waals surface area contributed by atoms with Crippen LogP contribution in [-0.2, 0) is 10.8 Å². The van der Waals surface area contributed by atoms with Crippen LogP contribution in [-0.4, -0.2) is 32.4 Å². The molecule has 16 rings (SSSR count). The number of aromatic amines is 2. The second-order valence-corrected chi connectivity index (χ2v) is 32.7. The molecule has 11 aromatic carbocycles. The maximum Gasteiger partial charge on any atom is 0.170 e. The summed E-state index contributed by atoms with van der Waals surface area (Å²) in [5.74, 6) is 7.41. The summed E-state index contributed by atoms with van der Waals surface area (Å²) < 4.78 is 43.5. The Morgan fingerprint density at radius 2 is 0.482 bits per heavy atom. The van der Waals surface area contributed by atoms with Crippen molar-refractivity contribution in [2.75, 3.05) is 0 Å². The average molecular weight is 1500 g/mol. The second kappa shape index (κ2) is 29.9. The lowest BCUT2D eigenvalue weighted by Crippen LogP contribution is -2.11. The lowest BCUT2D eigenvalue weighted by atomic mass is 9.86. The number of hydrogen-bond donors (Lipinski definition) is 2. The number of H-pyrrole nitrogens is 2. The van der Waals surface area contributed by atoms with Gasteiger partial charge in [-0.1, -0.05) is 187 Å². The first-order chi connectivity index (χ1) is 54.6. The van der Waals surface area contributed by atoms with Gasteiger partial charge in [-0.3, -0.25) is 9.98 Å². The number of nitrogens with zero attached hydrogens (tertiary/aromatic N) is 4. The molecule has 0 saturated heterocycles. The van der Waals surface area contributed by atoms with Gasteiger partial charge in [-0.25, -0.2) is 9.97 Å². The van der Waals surface area contributed by atoms with Crippen molar-refractivity contribution in [1.82, 2.24) is 19.9 Å². The van der Waals surface area contributed by atoms with E-state index in [-0.39, 0.29) is 10.8 Å². The van der Waals surface area contributed by atoms with Crippen LogP contribution in [0.1, 0.15) is 131 Å². The first kappa shape index (κ1) is 75.0. The highest BCUT2D eigenvalue weighted by molar-refractivity contribution is 6.10. The van der Waals surface area contributed by atoms with E-state index >= 15 is 0 Å². The Balaban J connectivity index is 1.07. The summed E-state index contributed by atoms with van der Waals surface area (Å²) in [4.78, 5) is 30.8. The van der Waals surface area contributed by atoms with Crippen molar-refractivity contribution in [3.05, 3.63) is 307 Å². The monoisotopic (exact) mass is 1500 g/mol. The fourth-order valence-electron chi connectivity index (χ4n) is 15.3. The third-order valence-electron chi connectivity index (χ3n) is 21.7. The molecule has 2 aliphatic rings. The highest BCUT2D eigenvalue weighted by Crippen LogP contribution is 2.53. The van der Waals surface area contributed by atoms with E-state index in [2.05, 4.69) is 353 Å². The summed E-state index contributed by atoms with van der Waals surface area (Å²) in [7, 11) is 0. The van der Waals surface area contributed by atoms with E-state index in [9.17, 15) is 0 Å². The standard InChI is InChI=1S/C102H94N6O6/c1-57-27-19-28-58(2)95(57)109-87-45-73-74(46-88(87)110-96-59(3)29-20-30-60(96)4)80-52-82-76-48-90(112-98-63(7)33-22-34-64(98)8)92(114-100-67(11)37-24-38-68(100)12)50-78(76)84(107-82)54-86-94(104-56-70-40-26-42-72(44-70)102(16,17)18)93(103-55-69-39-25-41-71(43-69)101(13,14)15)85(108-86)53-83-77-49-91(113-99-65(9)35-23-36-66(99)10)89(111-97-61(5)31-21-32-62(97)6)47-75(77)81(106-83)51-79(73)105-80/h19-56,105,108H,1-18H3. The number of fused-ring (bicyclic) bond motifs is 17. The summed E-state index contributed by atoms with van der Waals surface area (Å²) in [6, 6.07) is 75.2. The van der Waals surface area contributed by atoms with Crippen molar-refractivity contribution in [2.45, 2.75) is 135 Å². The van der Waals surface area contributed by atoms with Gasteiger partial charge >= 0.3 is 0 Å². The van der Waals surface area contributed by atoms with Crippen molar-refractivity contribution in [3.8, 4) is 114 Å². The topological polar surface area (TPSA) is 137 Å². The SMILES string of the molecule is Cc1cccc(C)c1Oc1cc2c(cc1Oc1c(C)cccc1C)-c1cc3[nH]c(cc4nc(cc5[nH]c(cc-2n1)c(N=Cc1cccc(C(C)(C)C)c1)c5N=Cc1cccc(C(C)(C)C)c1)-c1cc(Oc2c(C)cccc2C)c(Oc2c(C)cccc2C)cc1-4)c1cc(Oc2c(C)cccc2C)c(Oc2c(C)cccc2C)cc31. The van der Waals surface area contributed by atoms with Crippen molar-refractivity contribution in [2.24, 2.45) is 9.98 Å². The Hall–Kier alpha value is -13.1. The first-order valence-corrected chi connectivity index (χ1v) is 39.0. The third-order valence-corrected chi connectivity index (χ3v) is 21.7. The number of ether oxygens (including phenoxy) is 6. The predicted molar refractivity (Wildman–Crippen MR) is 468 cm³/mol. The highest BCUT2D eigenvalue weighted by Gasteiger charge is 2.29. The van der Waals surface area contributed by atoms with Crippen LogP contribution in [0.4, 0.5) is 11.4 Å². The maximum atomic E-state index is 7.25. The molecule has 14 aromatic rings. The molecule has 3 aromatic heterocycles. The van der Waals surface area contributed by atoms with Crippen molar-refractivity contribution in [1.29, 1.82) is 0 Å². The normalized spacial score (nSPS) is 12.1. The molecule has 2 aliphatic heterocycles. The fraction of sp³-hybridized carbons (Fsp3) is 0.196. The quantitative estimate of drug-likeness (QED) is 0.0913. The van der Waals surface area contributed by atoms with E-state index in [0.29, 0.717) is 79.7 Å². The minimum absolute atomic E-state index is 0.134. The molecule has 5 heterocycles. The largest absolute Gasteiger partial charge is 0.453 e. The Bertz CT molecular complexity index is 5990. The number of rotatable bonds is 16. The summed E-state index contributed by atoms with van der Waals surface area (Å²) in [6.45, 7) is 38.2. The molecule has 0 saturated carbocycles. The summed E-state index contributed by atoms with van der Waals surface area (Å²) in [5, 5.41) is 1.65. The summed E-state index contributed by atoms with van der Waals surface area (Å²) in [6.07, 6.45) is 3.88. The van der Waals surface area contributed by atoms with Crippen LogP contribution in [0.2, 0.25) is 0 Å². The molecule has 0 unspecified atom stereocenters. The minimum Gasteiger partial charge on any atom is -0.453 e. The Morgan fingerprint density at radius 3 is 0.728 bits per heavy atom. The van der Waals surface area contributed by atoms with Crippen LogP contribution in [0.5, 0.6) is 69.0 Å². The zero-order valence-corrected chi connectivity index (χ0v) is 68.2. The Labute approximate surface area is 667 Å². The van der Waals surface area contributed by atoms with Crippen LogP contribution in [0.25, 0.3) is 77.9 Å². The van der Waals surface area contributed by atoms with Gasteiger partial charge in [0.15, 0.2) is 34.5 Å². The number of aliphatic imine (C=N–C) groups is 2. The predicted octanol–water partition coefficient (Wildman–Crippen LogP) is 28.7.